The molecule has 0 radical (unpaired) electrons. The molecule has 0 bridgehead atoms. The van der Waals surface area contributed by atoms with Gasteiger partial charge < -0.3 is 19.6 Å². The average molecular weight is 1870 g/mol. The quantitative estimate of drug-likeness (QED) is 0.134. The van der Waals surface area contributed by atoms with Crippen molar-refractivity contribution < 1.29 is 0 Å². The van der Waals surface area contributed by atoms with Crippen molar-refractivity contribution in [2.24, 2.45) is 0 Å². The Kier molecular flexibility index (Phi) is 20.1. The maximum atomic E-state index is 2.88. The van der Waals surface area contributed by atoms with Crippen LogP contribution in [0.3, 0.4) is 0 Å². The summed E-state index contributed by atoms with van der Waals surface area (Å²) in [6, 6.07) is 77.1. The Bertz CT molecular complexity index is 7370. The van der Waals surface area contributed by atoms with E-state index in [1.165, 1.54) is 240 Å². The highest BCUT2D eigenvalue weighted by atomic mass is 32.1. The predicted molar refractivity (Wildman–Crippen MR) is 608 cm³/mol. The van der Waals surface area contributed by atoms with Crippen LogP contribution in [0.5, 0.6) is 0 Å². The van der Waals surface area contributed by atoms with Crippen LogP contribution in [-0.2, 0) is 81.2 Å². The van der Waals surface area contributed by atoms with Gasteiger partial charge in [-0.05, 0) is 431 Å². The summed E-state index contributed by atoms with van der Waals surface area (Å²) in [4.78, 5) is 11.3. The van der Waals surface area contributed by atoms with E-state index >= 15 is 0 Å². The predicted octanol–water partition coefficient (Wildman–Crippen LogP) is 33.7. The summed E-state index contributed by atoms with van der Waals surface area (Å²) in [6.45, 7) is 80.9. The van der Waals surface area contributed by atoms with Gasteiger partial charge in [-0.3, -0.25) is 0 Å². The highest BCUT2D eigenvalue weighted by Gasteiger charge is 2.55. The topological polar surface area (TPSA) is 13.0 Å². The molecule has 0 saturated carbocycles. The van der Waals surface area contributed by atoms with Gasteiger partial charge in [0, 0.05) is 66.3 Å². The number of benzene rings is 11. The molecule has 4 nitrogen and oxygen atoms in total. The zero-order chi connectivity index (χ0) is 98.6. The average Bonchev–Trinajstić information content (AvgIpc) is 1.65. The molecule has 2 aromatic heterocycles. The zero-order valence-electron chi connectivity index (χ0n) is 90.5. The molecule has 23 rings (SSSR count). The molecular formula is C131H154B2N4S2. The van der Waals surface area contributed by atoms with Crippen LogP contribution < -0.4 is 52.4 Å². The van der Waals surface area contributed by atoms with Gasteiger partial charge in [-0.2, -0.15) is 0 Å². The number of aryl methyl sites for hydroxylation is 1. The number of thiophene rings is 2. The molecule has 1 unspecified atom stereocenters. The van der Waals surface area contributed by atoms with E-state index in [1.807, 2.05) is 0 Å². The largest absolute Gasteiger partial charge is 0.311 e. The third-order valence-electron chi connectivity index (χ3n) is 38.7. The molecule has 716 valence electrons. The normalized spacial score (nSPS) is 21.5. The minimum atomic E-state index is -0.330. The first-order valence-electron chi connectivity index (χ1n) is 53.5. The van der Waals surface area contributed by atoms with Crippen molar-refractivity contribution in [3.05, 3.63) is 271 Å². The number of rotatable bonds is 9. The standard InChI is InChI=1S/C131H154B2N4S2/c1-77-60-105-113-106(61-77)136(84-42-44-89-91(67-84)122(14,15)48-46-120(89,10)11)115-112(132(113)101-71-94-96(127(24,25)53-51-125(94,20)21)73-103(101)134(105)83-40-38-79(39-41-83)78-36-34-33-35-37-78)88-70-100-99(76-110(88)139-115)130(30,31)57-59-131(100,32)58-56-119(8,9)82-65-107-114-108(66-82)137(85-43-45-90-92(68-85)123(16,17)49-47-121(90,12)13)116-111(87-69-93-98(75-109(87)138-116)129(28,29)55-50-124(93,18)19)133(114)102-72-95-97(128(26,27)54-52-126(95,22)23)74-104(102)135(107)86-63-80(117(2,3)4)62-81(64-86)118(5,6)7/h33-45,60-76H,46-59H2,1-32H3. The molecule has 11 aromatic carbocycles. The summed E-state index contributed by atoms with van der Waals surface area (Å²) in [5.41, 5.74) is 47.1. The molecule has 10 aliphatic rings. The van der Waals surface area contributed by atoms with E-state index < -0.39 is 0 Å². The fraction of sp³-hybridized carbons (Fsp3) is 0.466. The molecule has 139 heavy (non-hydrogen) atoms. The third-order valence-corrected chi connectivity index (χ3v) is 41.0. The van der Waals surface area contributed by atoms with E-state index in [4.69, 9.17) is 0 Å². The molecule has 4 aliphatic heterocycles. The fourth-order valence-electron chi connectivity index (χ4n) is 28.2. The van der Waals surface area contributed by atoms with Gasteiger partial charge in [0.1, 0.15) is 0 Å². The van der Waals surface area contributed by atoms with Crippen LogP contribution >= 0.6 is 22.7 Å². The summed E-state index contributed by atoms with van der Waals surface area (Å²) in [5, 5.41) is 5.64. The molecule has 1 atom stereocenters. The lowest BCUT2D eigenvalue weighted by atomic mass is 9.33. The van der Waals surface area contributed by atoms with Gasteiger partial charge in [-0.15, -0.1) is 22.7 Å². The summed E-state index contributed by atoms with van der Waals surface area (Å²) in [7, 11) is 0. The molecule has 0 saturated heterocycles. The summed E-state index contributed by atoms with van der Waals surface area (Å²) >= 11 is 4.18. The Morgan fingerprint density at radius 3 is 1.01 bits per heavy atom. The SMILES string of the molecule is Cc1cc2c3c(c1)N(c1ccc4c(c1)C(C)(C)CCC4(C)C)c1sc4cc5c(cc4c1B3c1cc3c(cc1N2c1ccc(-c2ccccc2)cc1)C(C)(C)CCC3(C)C)C(C)(CCC(C)(C)c1cc2c3c(c1)N(c1ccc4c(c1)C(C)(C)CCC4(C)C)c1sc4cc6c(cc4c1B3c1cc3c(cc1N2c1cc(C(C)(C)C)cc(C(C)(C)C)c1)C(C)(C)CCC3(C)C)C(C)(C)CCC6(C)C)CCC5(C)C. The maximum absolute atomic E-state index is 2.88. The highest BCUT2D eigenvalue weighted by Crippen LogP contribution is 2.62. The first-order valence-corrected chi connectivity index (χ1v) is 55.2. The molecular weight excluding hydrogens is 1720 g/mol. The highest BCUT2D eigenvalue weighted by molar-refractivity contribution is 7.27. The molecule has 0 fully saturated rings. The van der Waals surface area contributed by atoms with E-state index in [-0.39, 0.29) is 94.7 Å². The van der Waals surface area contributed by atoms with E-state index in [0.717, 1.165) is 64.2 Å². The van der Waals surface area contributed by atoms with Crippen molar-refractivity contribution >= 4 is 156 Å². The summed E-state index contributed by atoms with van der Waals surface area (Å²) in [5.74, 6) is 0. The van der Waals surface area contributed by atoms with Gasteiger partial charge in [0.25, 0.3) is 13.4 Å². The Morgan fingerprint density at radius 2 is 0.590 bits per heavy atom. The zero-order valence-corrected chi connectivity index (χ0v) is 92.1. The molecule has 0 N–H and O–H groups in total. The Hall–Kier alpha value is -9.33. The maximum Gasteiger partial charge on any atom is 0.254 e. The number of nitrogens with zero attached hydrogens (tertiary/aromatic N) is 4. The second-order valence-electron chi connectivity index (χ2n) is 56.0. The van der Waals surface area contributed by atoms with Crippen LogP contribution in [-0.4, -0.2) is 13.4 Å². The first-order chi connectivity index (χ1) is 64.8. The molecule has 13 aromatic rings. The first kappa shape index (κ1) is 93.3. The molecule has 0 amide bonds. The monoisotopic (exact) mass is 1870 g/mol. The van der Waals surface area contributed by atoms with Crippen LogP contribution in [0.15, 0.2) is 182 Å². The fourth-order valence-corrected chi connectivity index (χ4v) is 30.8. The van der Waals surface area contributed by atoms with Crippen LogP contribution in [0, 0.1) is 6.92 Å². The van der Waals surface area contributed by atoms with E-state index in [2.05, 4.69) is 446 Å². The van der Waals surface area contributed by atoms with Crippen molar-refractivity contribution in [3.8, 4) is 11.1 Å². The second-order valence-corrected chi connectivity index (χ2v) is 58.1. The van der Waals surface area contributed by atoms with E-state index in [0.29, 0.717) is 0 Å². The van der Waals surface area contributed by atoms with Gasteiger partial charge in [0.2, 0.25) is 0 Å². The van der Waals surface area contributed by atoms with Gasteiger partial charge >= 0.3 is 0 Å². The Labute approximate surface area is 844 Å². The Morgan fingerprint density at radius 1 is 0.266 bits per heavy atom. The summed E-state index contributed by atoms with van der Waals surface area (Å²) in [6.07, 6.45) is 15.8. The molecule has 6 aliphatic carbocycles. The van der Waals surface area contributed by atoms with Gasteiger partial charge in [-0.25, -0.2) is 0 Å². The smallest absolute Gasteiger partial charge is 0.254 e. The Balaban J connectivity index is 0.756. The molecule has 8 heteroatoms. The third kappa shape index (κ3) is 14.2. The van der Waals surface area contributed by atoms with Crippen molar-refractivity contribution in [1.29, 1.82) is 0 Å². The number of fused-ring (bicyclic) bond motifs is 18. The minimum absolute atomic E-state index is 0.00628. The van der Waals surface area contributed by atoms with E-state index in [9.17, 15) is 0 Å². The lowest BCUT2D eigenvalue weighted by molar-refractivity contribution is 0.272. The lowest BCUT2D eigenvalue weighted by Gasteiger charge is -2.48. The number of hydrogen-bond acceptors (Lipinski definition) is 6. The van der Waals surface area contributed by atoms with Crippen LogP contribution in [0.2, 0.25) is 0 Å². The molecule has 0 spiro atoms. The van der Waals surface area contributed by atoms with Gasteiger partial charge in [0.05, 0.1) is 10.0 Å². The van der Waals surface area contributed by atoms with Crippen LogP contribution in [0.1, 0.15) is 394 Å². The minimum Gasteiger partial charge on any atom is -0.311 e. The van der Waals surface area contributed by atoms with Crippen molar-refractivity contribution in [2.45, 2.75) is 393 Å². The van der Waals surface area contributed by atoms with Gasteiger partial charge in [0.15, 0.2) is 0 Å². The lowest BCUT2D eigenvalue weighted by Crippen LogP contribution is -2.61. The summed E-state index contributed by atoms with van der Waals surface area (Å²) < 4.78 is 2.83. The number of hydrogen-bond donors (Lipinski definition) is 0. The second kappa shape index (κ2) is 29.9. The molecule has 6 heterocycles. The van der Waals surface area contributed by atoms with Crippen LogP contribution in [0.4, 0.5) is 66.9 Å². The number of anilines is 12. The van der Waals surface area contributed by atoms with Crippen molar-refractivity contribution in [1.82, 2.24) is 0 Å². The van der Waals surface area contributed by atoms with Crippen molar-refractivity contribution in [2.75, 3.05) is 19.6 Å². The van der Waals surface area contributed by atoms with E-state index in [1.54, 1.807) is 5.56 Å². The van der Waals surface area contributed by atoms with Gasteiger partial charge in [-0.1, -0.05) is 287 Å². The van der Waals surface area contributed by atoms with Crippen molar-refractivity contribution in [3.63, 3.8) is 0 Å². The van der Waals surface area contributed by atoms with Crippen LogP contribution in [0.25, 0.3) is 31.3 Å².